The minimum absolute atomic E-state index is 0.0704. The molecule has 1 rings (SSSR count). The molecule has 60 valence electrons. The summed E-state index contributed by atoms with van der Waals surface area (Å²) in [5.41, 5.74) is 0.548. The van der Waals surface area contributed by atoms with E-state index in [9.17, 15) is 0 Å². The molecule has 2 nitrogen and oxygen atoms in total. The molecule has 1 aromatic rings. The lowest BCUT2D eigenvalue weighted by Gasteiger charge is -1.99. The Kier molecular flexibility index (Phi) is 1.30. The Hall–Kier alpha value is -1.02. The lowest BCUT2D eigenvalue weighted by atomic mass is 10.1. The summed E-state index contributed by atoms with van der Waals surface area (Å²) in [7, 11) is -2.76. The van der Waals surface area contributed by atoms with E-state index in [4.69, 9.17) is 12.0 Å². The first-order valence-corrected chi connectivity index (χ1v) is 3.16. The molecule has 0 saturated carbocycles. The normalized spacial score (nSPS) is 19.1. The zero-order chi connectivity index (χ0) is 12.4. The first kappa shape index (κ1) is 3.59. The van der Waals surface area contributed by atoms with Crippen molar-refractivity contribution >= 4 is 0 Å². The Bertz CT molecular complexity index is 344. The number of phenols is 1. The topological polar surface area (TPSA) is 29.5 Å². The monoisotopic (exact) mass is 157 g/mol. The fourth-order valence-electron chi connectivity index (χ4n) is 0.733. The summed E-state index contributed by atoms with van der Waals surface area (Å²) < 4.78 is 39.6. The fraction of sp³-hybridized carbons (Fsp3) is 0.333. The van der Waals surface area contributed by atoms with Crippen LogP contribution in [0.4, 0.5) is 0 Å². The number of benzene rings is 1. The summed E-state index contributed by atoms with van der Waals surface area (Å²) in [4.78, 5) is 0. The molecule has 0 bridgehead atoms. The first-order chi connectivity index (χ1) is 7.18. The lowest BCUT2D eigenvalue weighted by molar-refractivity contribution is 0.202. The van der Waals surface area contributed by atoms with Gasteiger partial charge in [-0.2, -0.15) is 0 Å². The van der Waals surface area contributed by atoms with Gasteiger partial charge in [-0.05, 0) is 24.1 Å². The maximum atomic E-state index is 9.03. The molecule has 2 heteroatoms. The number of methoxy groups -OCH3 is 1. The van der Waals surface area contributed by atoms with Crippen molar-refractivity contribution in [1.82, 2.24) is 0 Å². The predicted octanol–water partition coefficient (Wildman–Crippen LogP) is 1.58. The predicted molar refractivity (Wildman–Crippen MR) is 43.7 cm³/mol. The Morgan fingerprint density at radius 1 is 1.55 bits per heavy atom. The number of hydrogen-bond acceptors (Lipinski definition) is 2. The first-order valence-electron chi connectivity index (χ1n) is 5.66. The highest BCUT2D eigenvalue weighted by Crippen LogP contribution is 2.09. The third-order valence-electron chi connectivity index (χ3n) is 1.28. The van der Waals surface area contributed by atoms with Crippen LogP contribution in [-0.4, -0.2) is 18.7 Å². The highest BCUT2D eigenvalue weighted by molar-refractivity contribution is 5.25. The van der Waals surface area contributed by atoms with E-state index in [1.54, 1.807) is 0 Å². The van der Waals surface area contributed by atoms with E-state index in [-0.39, 0.29) is 12.2 Å². The Balaban J connectivity index is 2.69. The second-order valence-electron chi connectivity index (χ2n) is 2.09. The lowest BCUT2D eigenvalue weighted by Crippen LogP contribution is -1.93. The number of phenolic OH excluding ortho intramolecular Hbond substituents is 1. The van der Waals surface area contributed by atoms with Crippen LogP contribution >= 0.6 is 0 Å². The Labute approximate surface area is 73.5 Å². The maximum absolute atomic E-state index is 9.03. The second-order valence-corrected chi connectivity index (χ2v) is 2.09. The average Bonchev–Trinajstić information content (AvgIpc) is 2.04. The van der Waals surface area contributed by atoms with Crippen LogP contribution in [0.5, 0.6) is 5.75 Å². The van der Waals surface area contributed by atoms with E-state index in [0.29, 0.717) is 5.56 Å². The highest BCUT2D eigenvalue weighted by Gasteiger charge is 1.91. The van der Waals surface area contributed by atoms with Gasteiger partial charge in [-0.3, -0.25) is 0 Å². The highest BCUT2D eigenvalue weighted by atomic mass is 16.5. The van der Waals surface area contributed by atoms with Gasteiger partial charge < -0.3 is 9.84 Å². The van der Waals surface area contributed by atoms with Crippen molar-refractivity contribution < 1.29 is 16.7 Å². The van der Waals surface area contributed by atoms with Gasteiger partial charge >= 0.3 is 0 Å². The molecule has 1 aromatic carbocycles. The van der Waals surface area contributed by atoms with Crippen LogP contribution in [0.2, 0.25) is 0 Å². The fourth-order valence-corrected chi connectivity index (χ4v) is 0.733. The number of rotatable bonds is 3. The molecule has 0 heterocycles. The molecular formula is C9H12O2. The van der Waals surface area contributed by atoms with Crippen molar-refractivity contribution in [3.8, 4) is 5.75 Å². The summed E-state index contributed by atoms with van der Waals surface area (Å²) in [5.74, 6) is 0.0704. The van der Waals surface area contributed by atoms with Crippen molar-refractivity contribution in [2.24, 2.45) is 0 Å². The van der Waals surface area contributed by atoms with Gasteiger partial charge in [0.2, 0.25) is 0 Å². The molecule has 0 aliphatic carbocycles. The summed E-state index contributed by atoms with van der Waals surface area (Å²) in [6, 6.07) is 5.83. The molecule has 0 amide bonds. The average molecular weight is 157 g/mol. The van der Waals surface area contributed by atoms with Crippen molar-refractivity contribution in [2.45, 2.75) is 6.42 Å². The molecule has 0 spiro atoms. The van der Waals surface area contributed by atoms with Crippen molar-refractivity contribution in [3.63, 3.8) is 0 Å². The summed E-state index contributed by atoms with van der Waals surface area (Å²) in [6.07, 6.45) is -0.189. The molecule has 0 atom stereocenters. The molecule has 0 aliphatic heterocycles. The third kappa shape index (κ3) is 2.60. The molecule has 0 aliphatic rings. The molecule has 0 unspecified atom stereocenters. The SMILES string of the molecule is [2H]C([2H])([2H])OC([2H])([2H])Cc1ccc(O)cc1. The van der Waals surface area contributed by atoms with Crippen molar-refractivity contribution in [2.75, 3.05) is 13.6 Å². The number of aromatic hydroxyl groups is 1. The van der Waals surface area contributed by atoms with Gasteiger partial charge in [0.15, 0.2) is 0 Å². The molecule has 11 heavy (non-hydrogen) atoms. The van der Waals surface area contributed by atoms with E-state index >= 15 is 0 Å². The zero-order valence-electron chi connectivity index (χ0n) is 10.9. The standard InChI is InChI=1S/C9H12O2/c1-11-7-6-8-2-4-9(10)5-3-8/h2-5,10H,6-7H2,1H3/i1D3,7D2. The Morgan fingerprint density at radius 2 is 2.27 bits per heavy atom. The van der Waals surface area contributed by atoms with Gasteiger partial charge in [0.25, 0.3) is 0 Å². The van der Waals surface area contributed by atoms with Gasteiger partial charge in [0, 0.05) is 7.04 Å². The van der Waals surface area contributed by atoms with Crippen LogP contribution in [-0.2, 0) is 11.2 Å². The summed E-state index contributed by atoms with van der Waals surface area (Å²) in [5, 5.41) is 9.03. The summed E-state index contributed by atoms with van der Waals surface area (Å²) in [6.45, 7) is -2.26. The molecule has 0 fully saturated rings. The molecular weight excluding hydrogens is 140 g/mol. The summed E-state index contributed by atoms with van der Waals surface area (Å²) >= 11 is 0. The van der Waals surface area contributed by atoms with Crippen LogP contribution in [0.25, 0.3) is 0 Å². The zero-order valence-corrected chi connectivity index (χ0v) is 5.87. The smallest absolute Gasteiger partial charge is 0.115 e. The Morgan fingerprint density at radius 3 is 2.91 bits per heavy atom. The van der Waals surface area contributed by atoms with Gasteiger partial charge in [0.1, 0.15) is 5.75 Å². The van der Waals surface area contributed by atoms with E-state index in [0.717, 1.165) is 0 Å². The third-order valence-corrected chi connectivity index (χ3v) is 1.28. The van der Waals surface area contributed by atoms with E-state index in [1.165, 1.54) is 24.3 Å². The van der Waals surface area contributed by atoms with Crippen LogP contribution in [0, 0.1) is 0 Å². The number of ether oxygens (including phenoxy) is 1. The van der Waals surface area contributed by atoms with Crippen molar-refractivity contribution in [1.29, 1.82) is 0 Å². The molecule has 0 saturated heterocycles. The number of aryl methyl sites for hydroxylation is 1. The maximum Gasteiger partial charge on any atom is 0.115 e. The van der Waals surface area contributed by atoms with Crippen LogP contribution in [0.15, 0.2) is 24.3 Å². The van der Waals surface area contributed by atoms with E-state index < -0.39 is 13.6 Å². The van der Waals surface area contributed by atoms with Crippen LogP contribution in [0.1, 0.15) is 12.4 Å². The van der Waals surface area contributed by atoms with E-state index in [1.807, 2.05) is 0 Å². The second kappa shape index (κ2) is 3.98. The van der Waals surface area contributed by atoms with Gasteiger partial charge in [-0.25, -0.2) is 0 Å². The number of hydrogen-bond donors (Lipinski definition) is 1. The van der Waals surface area contributed by atoms with Crippen LogP contribution < -0.4 is 0 Å². The van der Waals surface area contributed by atoms with Gasteiger partial charge in [-0.15, -0.1) is 0 Å². The minimum atomic E-state index is -2.76. The van der Waals surface area contributed by atoms with Crippen molar-refractivity contribution in [3.05, 3.63) is 29.8 Å². The largest absolute Gasteiger partial charge is 0.508 e. The van der Waals surface area contributed by atoms with Gasteiger partial charge in [0.05, 0.1) is 13.4 Å². The van der Waals surface area contributed by atoms with Crippen LogP contribution in [0.3, 0.4) is 0 Å². The quantitative estimate of drug-likeness (QED) is 0.721. The molecule has 0 radical (unpaired) electrons. The van der Waals surface area contributed by atoms with E-state index in [2.05, 4.69) is 4.74 Å². The van der Waals surface area contributed by atoms with Gasteiger partial charge in [-0.1, -0.05) is 12.1 Å². The minimum Gasteiger partial charge on any atom is -0.508 e. The molecule has 1 N–H and O–H groups in total. The molecule has 0 aromatic heterocycles.